The monoisotopic (exact) mass is 395 g/mol. The van der Waals surface area contributed by atoms with Gasteiger partial charge >= 0.3 is 0 Å². The summed E-state index contributed by atoms with van der Waals surface area (Å²) in [6.45, 7) is 1.65. The average molecular weight is 395 g/mol. The zero-order valence-corrected chi connectivity index (χ0v) is 16.4. The van der Waals surface area contributed by atoms with Crippen molar-refractivity contribution in [2.45, 2.75) is 18.9 Å². The number of aryl methyl sites for hydroxylation is 1. The molecular weight excluding hydrogens is 374 g/mol. The van der Waals surface area contributed by atoms with E-state index in [0.29, 0.717) is 25.5 Å². The van der Waals surface area contributed by atoms with Crippen molar-refractivity contribution in [3.8, 4) is 11.5 Å². The maximum atomic E-state index is 13.4. The van der Waals surface area contributed by atoms with E-state index in [1.807, 2.05) is 54.0 Å². The van der Waals surface area contributed by atoms with E-state index in [0.717, 1.165) is 28.3 Å². The molecule has 6 nitrogen and oxygen atoms in total. The Kier molecular flexibility index (Phi) is 4.31. The average Bonchev–Trinajstić information content (AvgIpc) is 3.11. The van der Waals surface area contributed by atoms with Crippen molar-refractivity contribution in [3.05, 3.63) is 58.5 Å². The number of nitrogens with zero attached hydrogens (tertiary/aromatic N) is 3. The molecule has 0 spiro atoms. The zero-order valence-electron chi connectivity index (χ0n) is 15.6. The summed E-state index contributed by atoms with van der Waals surface area (Å²) in [7, 11) is 1.90. The lowest BCUT2D eigenvalue weighted by Crippen LogP contribution is -2.32. The Labute approximate surface area is 167 Å². The van der Waals surface area contributed by atoms with Crippen molar-refractivity contribution in [1.29, 1.82) is 0 Å². The van der Waals surface area contributed by atoms with Crippen molar-refractivity contribution < 1.29 is 14.3 Å². The Bertz CT molecular complexity index is 998. The fraction of sp³-hybridized carbons (Fsp3) is 0.333. The molecule has 0 radical (unpaired) electrons. The number of fused-ring (bicyclic) bond motifs is 1. The summed E-state index contributed by atoms with van der Waals surface area (Å²) in [5.74, 6) is 1.84. The van der Waals surface area contributed by atoms with Crippen molar-refractivity contribution in [3.63, 3.8) is 0 Å². The van der Waals surface area contributed by atoms with E-state index >= 15 is 0 Å². The van der Waals surface area contributed by atoms with E-state index < -0.39 is 0 Å². The van der Waals surface area contributed by atoms with Gasteiger partial charge in [0, 0.05) is 35.8 Å². The SMILES string of the molecule is Cn1cc([C@H]2C[C@H]2C(=O)N(Cc2cccs2)c2ccc3c(c2)OCCO3)cn1. The number of amides is 1. The molecule has 0 N–H and O–H groups in total. The van der Waals surface area contributed by atoms with Gasteiger partial charge in [-0.2, -0.15) is 5.10 Å². The lowest BCUT2D eigenvalue weighted by atomic mass is 10.1. The quantitative estimate of drug-likeness (QED) is 0.663. The third kappa shape index (κ3) is 3.26. The molecule has 5 rings (SSSR count). The van der Waals surface area contributed by atoms with Crippen molar-refractivity contribution >= 4 is 22.9 Å². The molecule has 0 unspecified atom stereocenters. The molecule has 1 amide bonds. The summed E-state index contributed by atoms with van der Waals surface area (Å²) in [6, 6.07) is 9.84. The first kappa shape index (κ1) is 17.3. The second kappa shape index (κ2) is 6.98. The summed E-state index contributed by atoms with van der Waals surface area (Å²) >= 11 is 1.66. The normalized spacial score (nSPS) is 20.0. The molecule has 1 fully saturated rings. The first-order valence-corrected chi connectivity index (χ1v) is 10.3. The summed E-state index contributed by atoms with van der Waals surface area (Å²) in [4.78, 5) is 16.5. The molecule has 7 heteroatoms. The Morgan fingerprint density at radius 2 is 2.14 bits per heavy atom. The second-order valence-corrected chi connectivity index (χ2v) is 8.26. The second-order valence-electron chi connectivity index (χ2n) is 7.23. The first-order valence-electron chi connectivity index (χ1n) is 9.41. The Morgan fingerprint density at radius 3 is 2.89 bits per heavy atom. The highest BCUT2D eigenvalue weighted by molar-refractivity contribution is 7.09. The van der Waals surface area contributed by atoms with Crippen LogP contribution >= 0.6 is 11.3 Å². The van der Waals surface area contributed by atoms with Crippen LogP contribution in [0, 0.1) is 5.92 Å². The lowest BCUT2D eigenvalue weighted by Gasteiger charge is -2.25. The number of ether oxygens (including phenoxy) is 2. The Balaban J connectivity index is 1.42. The number of hydrogen-bond acceptors (Lipinski definition) is 5. The molecule has 1 aromatic carbocycles. The van der Waals surface area contributed by atoms with Gasteiger partial charge in [-0.15, -0.1) is 11.3 Å². The standard InChI is InChI=1S/C21H21N3O3S/c1-23-12-14(11-22-23)17-10-18(17)21(25)24(13-16-3-2-8-28-16)15-4-5-19-20(9-15)27-7-6-26-19/h2-5,8-9,11-12,17-18H,6-7,10,13H2,1H3/t17-,18-/m1/s1. The maximum absolute atomic E-state index is 13.4. The molecule has 3 aromatic rings. The molecule has 2 aromatic heterocycles. The number of rotatable bonds is 5. The highest BCUT2D eigenvalue weighted by atomic mass is 32.1. The summed E-state index contributed by atoms with van der Waals surface area (Å²) in [5.41, 5.74) is 1.98. The topological polar surface area (TPSA) is 56.6 Å². The molecular formula is C21H21N3O3S. The molecule has 1 saturated carbocycles. The predicted octanol–water partition coefficient (Wildman–Crippen LogP) is 3.59. The van der Waals surface area contributed by atoms with Gasteiger partial charge in [-0.25, -0.2) is 0 Å². The van der Waals surface area contributed by atoms with Gasteiger partial charge in [-0.05, 0) is 41.5 Å². The highest BCUT2D eigenvalue weighted by Crippen LogP contribution is 2.49. The largest absolute Gasteiger partial charge is 0.486 e. The molecule has 1 aliphatic carbocycles. The maximum Gasteiger partial charge on any atom is 0.231 e. The number of aromatic nitrogens is 2. The molecule has 2 atom stereocenters. The first-order chi connectivity index (χ1) is 13.7. The molecule has 144 valence electrons. The van der Waals surface area contributed by atoms with Crippen LogP contribution in [0.4, 0.5) is 5.69 Å². The van der Waals surface area contributed by atoms with E-state index in [-0.39, 0.29) is 17.7 Å². The molecule has 3 heterocycles. The van der Waals surface area contributed by atoms with Gasteiger partial charge in [0.15, 0.2) is 11.5 Å². The number of carbonyl (C=O) groups is 1. The van der Waals surface area contributed by atoms with Crippen molar-refractivity contribution in [1.82, 2.24) is 9.78 Å². The van der Waals surface area contributed by atoms with Crippen LogP contribution in [0.25, 0.3) is 0 Å². The van der Waals surface area contributed by atoms with E-state index in [1.165, 1.54) is 0 Å². The van der Waals surface area contributed by atoms with Gasteiger partial charge in [-0.3, -0.25) is 9.48 Å². The van der Waals surface area contributed by atoms with Crippen molar-refractivity contribution in [2.24, 2.45) is 13.0 Å². The number of benzene rings is 1. The molecule has 1 aliphatic heterocycles. The van der Waals surface area contributed by atoms with Crippen LogP contribution in [0.2, 0.25) is 0 Å². The number of anilines is 1. The fourth-order valence-electron chi connectivity index (χ4n) is 3.72. The third-order valence-electron chi connectivity index (χ3n) is 5.26. The third-order valence-corrected chi connectivity index (χ3v) is 6.12. The molecule has 0 bridgehead atoms. The van der Waals surface area contributed by atoms with E-state index in [2.05, 4.69) is 11.2 Å². The van der Waals surface area contributed by atoms with Gasteiger partial charge in [0.1, 0.15) is 13.2 Å². The molecule has 28 heavy (non-hydrogen) atoms. The highest BCUT2D eigenvalue weighted by Gasteiger charge is 2.46. The molecule has 2 aliphatic rings. The smallest absolute Gasteiger partial charge is 0.231 e. The van der Waals surface area contributed by atoms with Crippen molar-refractivity contribution in [2.75, 3.05) is 18.1 Å². The summed E-state index contributed by atoms with van der Waals surface area (Å²) in [6.07, 6.45) is 4.74. The van der Waals surface area contributed by atoms with Crippen LogP contribution in [-0.4, -0.2) is 28.9 Å². The summed E-state index contributed by atoms with van der Waals surface area (Å²) in [5, 5.41) is 6.29. The van der Waals surface area contributed by atoms with Crippen LogP contribution in [0.3, 0.4) is 0 Å². The van der Waals surface area contributed by atoms with Crippen LogP contribution in [0.1, 0.15) is 22.8 Å². The fourth-order valence-corrected chi connectivity index (χ4v) is 4.42. The predicted molar refractivity (Wildman–Crippen MR) is 107 cm³/mol. The Hall–Kier alpha value is -2.80. The minimum atomic E-state index is -0.00244. The Morgan fingerprint density at radius 1 is 1.29 bits per heavy atom. The number of carbonyl (C=O) groups excluding carboxylic acids is 1. The van der Waals surface area contributed by atoms with Gasteiger partial charge in [0.05, 0.1) is 12.7 Å². The van der Waals surface area contributed by atoms with Gasteiger partial charge in [0.2, 0.25) is 5.91 Å². The van der Waals surface area contributed by atoms with Gasteiger partial charge in [0.25, 0.3) is 0 Å². The van der Waals surface area contributed by atoms with Gasteiger partial charge in [-0.1, -0.05) is 6.07 Å². The lowest BCUT2D eigenvalue weighted by molar-refractivity contribution is -0.120. The van der Waals surface area contributed by atoms with Crippen LogP contribution in [0.15, 0.2) is 48.1 Å². The molecule has 0 saturated heterocycles. The number of thiophene rings is 1. The van der Waals surface area contributed by atoms with Crippen LogP contribution < -0.4 is 14.4 Å². The van der Waals surface area contributed by atoms with Gasteiger partial charge < -0.3 is 14.4 Å². The zero-order chi connectivity index (χ0) is 19.1. The summed E-state index contributed by atoms with van der Waals surface area (Å²) < 4.78 is 13.1. The van der Waals surface area contributed by atoms with Crippen LogP contribution in [-0.2, 0) is 18.4 Å². The van der Waals surface area contributed by atoms with Crippen LogP contribution in [0.5, 0.6) is 11.5 Å². The number of hydrogen-bond donors (Lipinski definition) is 0. The van der Waals surface area contributed by atoms with E-state index in [1.54, 1.807) is 16.0 Å². The van der Waals surface area contributed by atoms with E-state index in [4.69, 9.17) is 9.47 Å². The minimum absolute atomic E-state index is 0.00244. The minimum Gasteiger partial charge on any atom is -0.486 e. The van der Waals surface area contributed by atoms with E-state index in [9.17, 15) is 4.79 Å².